The number of carbonyl (C=O) groups is 2. The quantitative estimate of drug-likeness (QED) is 0.0937. The van der Waals surface area contributed by atoms with Crippen LogP contribution in [0.25, 0.3) is 0 Å². The number of carbonyl (C=O) groups excluding carboxylic acids is 1. The van der Waals surface area contributed by atoms with Crippen molar-refractivity contribution < 1.29 is 24.2 Å². The Morgan fingerprint density at radius 2 is 1.55 bits per heavy atom. The number of carboxylic acids is 1. The van der Waals surface area contributed by atoms with Crippen LogP contribution >= 0.6 is 0 Å². The summed E-state index contributed by atoms with van der Waals surface area (Å²) in [7, 11) is 0. The average molecular weight is 635 g/mol. The van der Waals surface area contributed by atoms with Crippen molar-refractivity contribution in [3.63, 3.8) is 0 Å². The fraction of sp³-hybridized carbons (Fsp3) is 0.375. The van der Waals surface area contributed by atoms with Crippen molar-refractivity contribution in [2.24, 2.45) is 0 Å². The number of hydrogen-bond acceptors (Lipinski definition) is 6. The van der Waals surface area contributed by atoms with Crippen LogP contribution in [0.4, 0.5) is 0 Å². The molecule has 0 bridgehead atoms. The summed E-state index contributed by atoms with van der Waals surface area (Å²) in [5.74, 6) is -0.263. The zero-order chi connectivity index (χ0) is 32.8. The number of aromatic nitrogens is 1. The lowest BCUT2D eigenvalue weighted by molar-refractivity contribution is -0.143. The number of unbranched alkanes of at least 4 members (excludes halogenated alkanes) is 1. The van der Waals surface area contributed by atoms with Gasteiger partial charge in [-0.15, -0.1) is 0 Å². The highest BCUT2D eigenvalue weighted by Crippen LogP contribution is 2.34. The summed E-state index contributed by atoms with van der Waals surface area (Å²) in [6.45, 7) is 4.36. The molecule has 0 amide bonds. The van der Waals surface area contributed by atoms with Gasteiger partial charge < -0.3 is 14.6 Å². The minimum atomic E-state index is -0.999. The summed E-state index contributed by atoms with van der Waals surface area (Å²) >= 11 is 0. The van der Waals surface area contributed by atoms with E-state index in [9.17, 15) is 14.7 Å². The average Bonchev–Trinajstić information content (AvgIpc) is 3.10. The second-order valence-corrected chi connectivity index (χ2v) is 12.2. The number of aryl methyl sites for hydroxylation is 3. The Labute approximate surface area is 278 Å². The van der Waals surface area contributed by atoms with Gasteiger partial charge in [0.2, 0.25) is 0 Å². The molecule has 1 aliphatic rings. The van der Waals surface area contributed by atoms with Gasteiger partial charge in [0.25, 0.3) is 0 Å². The molecule has 5 rings (SSSR count). The van der Waals surface area contributed by atoms with Gasteiger partial charge in [-0.2, -0.15) is 0 Å². The predicted molar refractivity (Wildman–Crippen MR) is 184 cm³/mol. The Bertz CT molecular complexity index is 1590. The van der Waals surface area contributed by atoms with E-state index in [4.69, 9.17) is 9.47 Å². The molecular formula is C40H46N2O5. The molecule has 3 aromatic carbocycles. The van der Waals surface area contributed by atoms with Crippen LogP contribution in [0.1, 0.15) is 89.1 Å². The van der Waals surface area contributed by atoms with Gasteiger partial charge >= 0.3 is 11.9 Å². The number of aromatic carboxylic acids is 1. The fourth-order valence-corrected chi connectivity index (χ4v) is 6.39. The second-order valence-electron chi connectivity index (χ2n) is 12.2. The van der Waals surface area contributed by atoms with E-state index >= 15 is 0 Å². The van der Waals surface area contributed by atoms with E-state index in [1.807, 2.05) is 25.1 Å². The monoisotopic (exact) mass is 634 g/mol. The molecule has 0 aliphatic heterocycles. The van der Waals surface area contributed by atoms with Gasteiger partial charge in [-0.1, -0.05) is 78.9 Å². The van der Waals surface area contributed by atoms with E-state index in [1.54, 1.807) is 6.07 Å². The summed E-state index contributed by atoms with van der Waals surface area (Å²) in [6.07, 6.45) is 7.61. The Balaban J connectivity index is 1.22. The molecular weight excluding hydrogens is 588 g/mol. The minimum Gasteiger partial charge on any atom is -0.489 e. The third-order valence-electron chi connectivity index (χ3n) is 8.90. The SMILES string of the molecule is CCOC(=O)CCCCN(CCc1ccccc1OCc1ccc(CCc2ccccc2)cc1)C1CCCc2nc(C(=O)O)ccc21. The van der Waals surface area contributed by atoms with Crippen LogP contribution in [0.3, 0.4) is 0 Å². The molecule has 0 saturated heterocycles. The molecule has 1 aromatic heterocycles. The highest BCUT2D eigenvalue weighted by molar-refractivity contribution is 5.85. The lowest BCUT2D eigenvalue weighted by Gasteiger charge is -2.36. The van der Waals surface area contributed by atoms with Gasteiger partial charge in [0.15, 0.2) is 0 Å². The molecule has 1 unspecified atom stereocenters. The predicted octanol–water partition coefficient (Wildman–Crippen LogP) is 7.80. The van der Waals surface area contributed by atoms with Crippen molar-refractivity contribution in [3.8, 4) is 5.75 Å². The van der Waals surface area contributed by atoms with E-state index < -0.39 is 5.97 Å². The highest BCUT2D eigenvalue weighted by atomic mass is 16.5. The van der Waals surface area contributed by atoms with Gasteiger partial charge in [0, 0.05) is 24.7 Å². The summed E-state index contributed by atoms with van der Waals surface area (Å²) in [4.78, 5) is 30.5. The molecule has 0 saturated carbocycles. The summed E-state index contributed by atoms with van der Waals surface area (Å²) in [6, 6.07) is 31.3. The first-order valence-electron chi connectivity index (χ1n) is 17.0. The minimum absolute atomic E-state index is 0.0956. The molecule has 0 fully saturated rings. The molecule has 1 heterocycles. The molecule has 1 atom stereocenters. The molecule has 0 radical (unpaired) electrons. The molecule has 0 spiro atoms. The number of fused-ring (bicyclic) bond motifs is 1. The molecule has 7 nitrogen and oxygen atoms in total. The van der Waals surface area contributed by atoms with Gasteiger partial charge in [-0.05, 0) is 105 Å². The van der Waals surface area contributed by atoms with Gasteiger partial charge in [-0.3, -0.25) is 9.69 Å². The topological polar surface area (TPSA) is 89.0 Å². The van der Waals surface area contributed by atoms with Crippen LogP contribution in [-0.2, 0) is 41.8 Å². The summed E-state index contributed by atoms with van der Waals surface area (Å²) in [5.41, 5.74) is 7.05. The number of esters is 1. The van der Waals surface area contributed by atoms with E-state index in [2.05, 4.69) is 76.6 Å². The van der Waals surface area contributed by atoms with Crippen molar-refractivity contribution in [2.75, 3.05) is 19.7 Å². The van der Waals surface area contributed by atoms with Crippen molar-refractivity contribution in [2.45, 2.75) is 77.4 Å². The number of ether oxygens (including phenoxy) is 2. The number of nitrogens with zero attached hydrogens (tertiary/aromatic N) is 2. The smallest absolute Gasteiger partial charge is 0.354 e. The van der Waals surface area contributed by atoms with E-state index in [-0.39, 0.29) is 17.7 Å². The molecule has 1 aliphatic carbocycles. The standard InChI is InChI=1S/C40H46N2O5/c1-2-46-39(43)17-8-9-27-42(37-15-10-14-35-34(37)24-25-36(41-35)40(44)45)28-26-33-13-6-7-16-38(33)47-29-32-22-20-31(21-23-32)19-18-30-11-4-3-5-12-30/h3-7,11-13,16,20-25,37H,2,8-10,14-15,17-19,26-29H2,1H3,(H,44,45). The van der Waals surface area contributed by atoms with E-state index in [0.29, 0.717) is 19.6 Å². The van der Waals surface area contributed by atoms with Gasteiger partial charge in [0.1, 0.15) is 18.1 Å². The third-order valence-corrected chi connectivity index (χ3v) is 8.90. The number of rotatable bonds is 17. The maximum Gasteiger partial charge on any atom is 0.354 e. The van der Waals surface area contributed by atoms with Gasteiger partial charge in [0.05, 0.1) is 6.61 Å². The van der Waals surface area contributed by atoms with Crippen LogP contribution in [-0.4, -0.2) is 46.6 Å². The highest BCUT2D eigenvalue weighted by Gasteiger charge is 2.27. The Kier molecular flexibility index (Phi) is 12.6. The van der Waals surface area contributed by atoms with Crippen LogP contribution in [0.15, 0.2) is 91.0 Å². The van der Waals surface area contributed by atoms with Crippen molar-refractivity contribution in [1.82, 2.24) is 9.88 Å². The lowest BCUT2D eigenvalue weighted by atomic mass is 9.89. The zero-order valence-corrected chi connectivity index (χ0v) is 27.4. The number of para-hydroxylation sites is 1. The van der Waals surface area contributed by atoms with Crippen LogP contribution in [0, 0.1) is 0 Å². The van der Waals surface area contributed by atoms with Crippen LogP contribution < -0.4 is 4.74 Å². The number of pyridine rings is 1. The number of carboxylic acid groups (broad SMARTS) is 1. The van der Waals surface area contributed by atoms with Gasteiger partial charge in [-0.25, -0.2) is 9.78 Å². The Hall–Kier alpha value is -4.49. The largest absolute Gasteiger partial charge is 0.489 e. The third kappa shape index (κ3) is 10.00. The van der Waals surface area contributed by atoms with E-state index in [0.717, 1.165) is 92.6 Å². The molecule has 7 heteroatoms. The normalized spacial score (nSPS) is 14.0. The first-order valence-corrected chi connectivity index (χ1v) is 17.0. The van der Waals surface area contributed by atoms with Crippen molar-refractivity contribution in [1.29, 1.82) is 0 Å². The number of hydrogen-bond donors (Lipinski definition) is 1. The molecule has 246 valence electrons. The van der Waals surface area contributed by atoms with E-state index in [1.165, 1.54) is 11.1 Å². The number of benzene rings is 3. The molecule has 47 heavy (non-hydrogen) atoms. The Morgan fingerprint density at radius 1 is 0.830 bits per heavy atom. The molecule has 4 aromatic rings. The zero-order valence-electron chi connectivity index (χ0n) is 27.4. The van der Waals surface area contributed by atoms with Crippen LogP contribution in [0.2, 0.25) is 0 Å². The first-order chi connectivity index (χ1) is 23.0. The van der Waals surface area contributed by atoms with Crippen molar-refractivity contribution in [3.05, 3.63) is 130 Å². The van der Waals surface area contributed by atoms with Crippen LogP contribution in [0.5, 0.6) is 5.75 Å². The second kappa shape index (κ2) is 17.4. The Morgan fingerprint density at radius 3 is 2.32 bits per heavy atom. The maximum atomic E-state index is 11.9. The van der Waals surface area contributed by atoms with Crippen molar-refractivity contribution >= 4 is 11.9 Å². The summed E-state index contributed by atoms with van der Waals surface area (Å²) < 4.78 is 11.5. The maximum absolute atomic E-state index is 11.9. The lowest BCUT2D eigenvalue weighted by Crippen LogP contribution is -2.34. The molecule has 1 N–H and O–H groups in total. The first kappa shape index (κ1) is 33.9. The summed E-state index contributed by atoms with van der Waals surface area (Å²) in [5, 5.41) is 9.49. The fourth-order valence-electron chi connectivity index (χ4n) is 6.39.